The summed E-state index contributed by atoms with van der Waals surface area (Å²) in [6, 6.07) is 0. The maximum absolute atomic E-state index is 11.7. The molecule has 2 aliphatic heterocycles. The second kappa shape index (κ2) is 3.74. The second-order valence-corrected chi connectivity index (χ2v) is 3.94. The van der Waals surface area contributed by atoms with Crippen molar-refractivity contribution in [1.29, 1.82) is 0 Å². The maximum atomic E-state index is 11.7. The molecule has 3 heterocycles. The topological polar surface area (TPSA) is 76.5 Å². The van der Waals surface area contributed by atoms with Gasteiger partial charge in [0.15, 0.2) is 11.9 Å². The van der Waals surface area contributed by atoms with Crippen LogP contribution in [-0.2, 0) is 16.0 Å². The number of aromatic nitrogens is 2. The first kappa shape index (κ1) is 10.1. The highest BCUT2D eigenvalue weighted by atomic mass is 16.5. The van der Waals surface area contributed by atoms with Gasteiger partial charge in [0.1, 0.15) is 6.33 Å². The molecule has 1 aromatic rings. The van der Waals surface area contributed by atoms with Gasteiger partial charge >= 0.3 is 0 Å². The molecule has 1 amide bonds. The van der Waals surface area contributed by atoms with E-state index in [1.54, 1.807) is 6.20 Å². The van der Waals surface area contributed by atoms with E-state index < -0.39 is 6.10 Å². The predicted molar refractivity (Wildman–Crippen MR) is 59.9 cm³/mol. The Morgan fingerprint density at radius 1 is 1.53 bits per heavy atom. The van der Waals surface area contributed by atoms with E-state index in [0.717, 1.165) is 5.56 Å². The molecule has 17 heavy (non-hydrogen) atoms. The first-order valence-electron chi connectivity index (χ1n) is 5.20. The zero-order valence-electron chi connectivity index (χ0n) is 9.01. The van der Waals surface area contributed by atoms with Gasteiger partial charge in [-0.25, -0.2) is 15.0 Å². The van der Waals surface area contributed by atoms with Gasteiger partial charge in [-0.3, -0.25) is 4.79 Å². The standard InChI is InChI=1S/C11H10N4O2/c1-6-4-17-9(11(16)14-6)8-2-7-3-12-5-13-10(7)15-8/h3,5,9H,1-2,4H2,(H,14,16). The van der Waals surface area contributed by atoms with Crippen LogP contribution in [-0.4, -0.2) is 34.3 Å². The zero-order chi connectivity index (χ0) is 11.8. The lowest BCUT2D eigenvalue weighted by Gasteiger charge is -2.23. The van der Waals surface area contributed by atoms with E-state index in [4.69, 9.17) is 4.74 Å². The third kappa shape index (κ3) is 1.72. The summed E-state index contributed by atoms with van der Waals surface area (Å²) >= 11 is 0. The van der Waals surface area contributed by atoms with E-state index in [0.29, 0.717) is 30.3 Å². The summed E-state index contributed by atoms with van der Waals surface area (Å²) in [5.41, 5.74) is 2.16. The highest BCUT2D eigenvalue weighted by Crippen LogP contribution is 2.25. The highest BCUT2D eigenvalue weighted by molar-refractivity contribution is 6.11. The molecule has 1 aromatic heterocycles. The lowest BCUT2D eigenvalue weighted by molar-refractivity contribution is -0.130. The molecule has 1 atom stereocenters. The van der Waals surface area contributed by atoms with Crippen LogP contribution in [0.4, 0.5) is 5.82 Å². The van der Waals surface area contributed by atoms with Crippen molar-refractivity contribution in [3.05, 3.63) is 30.4 Å². The molecule has 0 bridgehead atoms. The van der Waals surface area contributed by atoms with Crippen LogP contribution in [0.25, 0.3) is 0 Å². The maximum Gasteiger partial charge on any atom is 0.259 e. The normalized spacial score (nSPS) is 23.1. The number of amides is 1. The van der Waals surface area contributed by atoms with Crippen molar-refractivity contribution in [1.82, 2.24) is 15.3 Å². The fourth-order valence-electron chi connectivity index (χ4n) is 1.88. The third-order valence-corrected chi connectivity index (χ3v) is 2.65. The second-order valence-electron chi connectivity index (χ2n) is 3.94. The first-order chi connectivity index (χ1) is 8.24. The predicted octanol–water partition coefficient (Wildman–Crippen LogP) is 0.134. The van der Waals surface area contributed by atoms with Gasteiger partial charge in [-0.1, -0.05) is 6.58 Å². The number of nitrogens with one attached hydrogen (secondary N) is 1. The number of nitrogens with zero attached hydrogens (tertiary/aromatic N) is 3. The Hall–Kier alpha value is -2.08. The van der Waals surface area contributed by atoms with Gasteiger partial charge in [-0.15, -0.1) is 0 Å². The quantitative estimate of drug-likeness (QED) is 0.744. The summed E-state index contributed by atoms with van der Waals surface area (Å²) in [7, 11) is 0. The van der Waals surface area contributed by atoms with Gasteiger partial charge in [0.05, 0.1) is 12.3 Å². The van der Waals surface area contributed by atoms with Gasteiger partial charge < -0.3 is 10.1 Å². The minimum absolute atomic E-state index is 0.222. The number of carbonyl (C=O) groups is 1. The number of rotatable bonds is 1. The van der Waals surface area contributed by atoms with Crippen molar-refractivity contribution in [3.8, 4) is 0 Å². The Bertz CT molecular complexity index is 538. The van der Waals surface area contributed by atoms with Gasteiger partial charge in [-0.05, 0) is 0 Å². The number of hydrogen-bond acceptors (Lipinski definition) is 5. The van der Waals surface area contributed by atoms with E-state index in [1.807, 2.05) is 0 Å². The third-order valence-electron chi connectivity index (χ3n) is 2.65. The molecule has 0 spiro atoms. The van der Waals surface area contributed by atoms with Crippen molar-refractivity contribution in [3.63, 3.8) is 0 Å². The largest absolute Gasteiger partial charge is 0.356 e. The highest BCUT2D eigenvalue weighted by Gasteiger charge is 2.32. The van der Waals surface area contributed by atoms with Crippen LogP contribution in [0.5, 0.6) is 0 Å². The fourth-order valence-corrected chi connectivity index (χ4v) is 1.88. The molecule has 0 aromatic carbocycles. The van der Waals surface area contributed by atoms with Gasteiger partial charge in [0.25, 0.3) is 5.91 Å². The summed E-state index contributed by atoms with van der Waals surface area (Å²) in [6.07, 6.45) is 3.06. The molecule has 3 rings (SSSR count). The van der Waals surface area contributed by atoms with Crippen molar-refractivity contribution in [2.45, 2.75) is 12.5 Å². The van der Waals surface area contributed by atoms with Crippen molar-refractivity contribution in [2.24, 2.45) is 4.99 Å². The van der Waals surface area contributed by atoms with E-state index in [-0.39, 0.29) is 5.91 Å². The molecule has 0 aliphatic carbocycles. The summed E-state index contributed by atoms with van der Waals surface area (Å²) in [4.78, 5) is 24.0. The smallest absolute Gasteiger partial charge is 0.259 e. The lowest BCUT2D eigenvalue weighted by atomic mass is 10.1. The summed E-state index contributed by atoms with van der Waals surface area (Å²) in [5.74, 6) is 0.400. The number of aliphatic imine (C=N–C) groups is 1. The minimum Gasteiger partial charge on any atom is -0.356 e. The average molecular weight is 230 g/mol. The summed E-state index contributed by atoms with van der Waals surface area (Å²) in [6.45, 7) is 3.96. The molecule has 0 radical (unpaired) electrons. The molecule has 6 nitrogen and oxygen atoms in total. The van der Waals surface area contributed by atoms with Crippen molar-refractivity contribution < 1.29 is 9.53 Å². The van der Waals surface area contributed by atoms with Crippen LogP contribution in [0, 0.1) is 0 Å². The number of ether oxygens (including phenoxy) is 1. The Morgan fingerprint density at radius 3 is 3.18 bits per heavy atom. The Balaban J connectivity index is 1.84. The van der Waals surface area contributed by atoms with E-state index in [2.05, 4.69) is 26.9 Å². The Morgan fingerprint density at radius 2 is 2.41 bits per heavy atom. The van der Waals surface area contributed by atoms with E-state index in [1.165, 1.54) is 6.33 Å². The average Bonchev–Trinajstić information content (AvgIpc) is 2.72. The molecule has 0 saturated carbocycles. The Kier molecular flexibility index (Phi) is 2.22. The molecule has 2 aliphatic rings. The lowest BCUT2D eigenvalue weighted by Crippen LogP contribution is -2.47. The van der Waals surface area contributed by atoms with Crippen LogP contribution in [0.15, 0.2) is 29.8 Å². The molecule has 1 unspecified atom stereocenters. The van der Waals surface area contributed by atoms with Crippen LogP contribution in [0.3, 0.4) is 0 Å². The SMILES string of the molecule is C=C1COC(C2=Nc3ncncc3C2)C(=O)N1. The van der Waals surface area contributed by atoms with Crippen molar-refractivity contribution in [2.75, 3.05) is 6.61 Å². The van der Waals surface area contributed by atoms with Gasteiger partial charge in [0.2, 0.25) is 0 Å². The number of fused-ring (bicyclic) bond motifs is 1. The summed E-state index contributed by atoms with van der Waals surface area (Å²) in [5, 5.41) is 2.66. The molecule has 1 saturated heterocycles. The monoisotopic (exact) mass is 230 g/mol. The molecule has 6 heteroatoms. The molecular formula is C11H10N4O2. The van der Waals surface area contributed by atoms with E-state index in [9.17, 15) is 4.79 Å². The van der Waals surface area contributed by atoms with Gasteiger partial charge in [0, 0.05) is 23.9 Å². The molecule has 1 fully saturated rings. The molecule has 1 N–H and O–H groups in total. The summed E-state index contributed by atoms with van der Waals surface area (Å²) < 4.78 is 5.43. The number of morpholine rings is 1. The van der Waals surface area contributed by atoms with E-state index >= 15 is 0 Å². The van der Waals surface area contributed by atoms with Crippen LogP contribution >= 0.6 is 0 Å². The Labute approximate surface area is 97.4 Å². The minimum atomic E-state index is -0.644. The zero-order valence-corrected chi connectivity index (χ0v) is 9.01. The molecule has 86 valence electrons. The molecular weight excluding hydrogens is 220 g/mol. The van der Waals surface area contributed by atoms with Crippen LogP contribution in [0.2, 0.25) is 0 Å². The van der Waals surface area contributed by atoms with Crippen molar-refractivity contribution >= 4 is 17.4 Å². The number of hydrogen-bond donors (Lipinski definition) is 1. The van der Waals surface area contributed by atoms with Gasteiger partial charge in [-0.2, -0.15) is 0 Å². The van der Waals surface area contributed by atoms with Crippen LogP contribution in [0.1, 0.15) is 5.56 Å². The number of carbonyl (C=O) groups excluding carboxylic acids is 1. The fraction of sp³-hybridized carbons (Fsp3) is 0.273. The van der Waals surface area contributed by atoms with Crippen LogP contribution < -0.4 is 5.32 Å². The first-order valence-corrected chi connectivity index (χ1v) is 5.20.